The highest BCUT2D eigenvalue weighted by atomic mass is 16.1. The molecule has 7 heteroatoms. The molecule has 1 N–H and O–H groups in total. The predicted octanol–water partition coefficient (Wildman–Crippen LogP) is 2.68. The van der Waals surface area contributed by atoms with E-state index >= 15 is 0 Å². The van der Waals surface area contributed by atoms with Crippen molar-refractivity contribution in [3.05, 3.63) is 66.7 Å². The molecule has 4 aromatic rings. The first kappa shape index (κ1) is 14.9. The minimum atomic E-state index is -0.312. The summed E-state index contributed by atoms with van der Waals surface area (Å²) in [5.74, 6) is 0.412. The van der Waals surface area contributed by atoms with Gasteiger partial charge in [0.05, 0.1) is 17.2 Å². The molecule has 2 aromatic carbocycles. The van der Waals surface area contributed by atoms with Crippen LogP contribution < -0.4 is 5.32 Å². The van der Waals surface area contributed by atoms with Crippen LogP contribution >= 0.6 is 0 Å². The largest absolute Gasteiger partial charge is 0.321 e. The monoisotopic (exact) mass is 330 g/mol. The summed E-state index contributed by atoms with van der Waals surface area (Å²) in [5.41, 5.74) is 3.22. The maximum Gasteiger partial charge on any atom is 0.275 e. The summed E-state index contributed by atoms with van der Waals surface area (Å²) >= 11 is 0. The third-order valence-electron chi connectivity index (χ3n) is 3.77. The molecule has 7 nitrogen and oxygen atoms in total. The highest BCUT2D eigenvalue weighted by molar-refractivity contribution is 6.03. The number of aromatic nitrogens is 5. The van der Waals surface area contributed by atoms with E-state index in [0.717, 1.165) is 16.9 Å². The number of fused-ring (bicyclic) bond motifs is 1. The number of carbonyl (C=O) groups is 1. The fourth-order valence-corrected chi connectivity index (χ4v) is 2.54. The van der Waals surface area contributed by atoms with Crippen LogP contribution in [-0.4, -0.2) is 30.6 Å². The molecule has 0 aliphatic heterocycles. The van der Waals surface area contributed by atoms with Crippen molar-refractivity contribution in [2.75, 3.05) is 5.32 Å². The van der Waals surface area contributed by atoms with E-state index < -0.39 is 0 Å². The molecular weight excluding hydrogens is 316 g/mol. The minimum Gasteiger partial charge on any atom is -0.321 e. The summed E-state index contributed by atoms with van der Waals surface area (Å²) in [6, 6.07) is 14.9. The first-order valence-electron chi connectivity index (χ1n) is 7.68. The smallest absolute Gasteiger partial charge is 0.275 e. The summed E-state index contributed by atoms with van der Waals surface area (Å²) in [6.07, 6.45) is 3.11. The maximum atomic E-state index is 12.5. The molecule has 2 heterocycles. The van der Waals surface area contributed by atoms with E-state index in [2.05, 4.69) is 25.5 Å². The van der Waals surface area contributed by atoms with Gasteiger partial charge in [0.25, 0.3) is 5.91 Å². The Kier molecular flexibility index (Phi) is 3.66. The van der Waals surface area contributed by atoms with Gasteiger partial charge in [-0.1, -0.05) is 24.3 Å². The lowest BCUT2D eigenvalue weighted by Gasteiger charge is -2.07. The standard InChI is InChI=1S/C18H14N6O/c1-24-11-20-23-17(24)12-5-4-6-13(9-12)21-18(25)16-10-19-14-7-2-3-8-15(14)22-16/h2-11H,1H3,(H,21,25). The zero-order chi connectivity index (χ0) is 17.2. The number of aryl methyl sites for hydroxylation is 1. The topological polar surface area (TPSA) is 85.6 Å². The molecule has 0 fully saturated rings. The van der Waals surface area contributed by atoms with Crippen LogP contribution in [0, 0.1) is 0 Å². The Morgan fingerprint density at radius 1 is 1.08 bits per heavy atom. The molecule has 2 aromatic heterocycles. The zero-order valence-electron chi connectivity index (χ0n) is 13.4. The number of benzene rings is 2. The Hall–Kier alpha value is -3.61. The molecular formula is C18H14N6O. The highest BCUT2D eigenvalue weighted by Gasteiger charge is 2.11. The first-order valence-corrected chi connectivity index (χ1v) is 7.68. The molecule has 1 amide bonds. The SMILES string of the molecule is Cn1cnnc1-c1cccc(NC(=O)c2cnc3ccccc3n2)c1. The van der Waals surface area contributed by atoms with Crippen LogP contribution in [-0.2, 0) is 7.05 Å². The molecule has 0 atom stereocenters. The third kappa shape index (κ3) is 2.94. The average molecular weight is 330 g/mol. The van der Waals surface area contributed by atoms with Gasteiger partial charge in [-0.05, 0) is 24.3 Å². The van der Waals surface area contributed by atoms with Gasteiger partial charge in [-0.25, -0.2) is 4.98 Å². The van der Waals surface area contributed by atoms with Gasteiger partial charge in [0.2, 0.25) is 0 Å². The zero-order valence-corrected chi connectivity index (χ0v) is 13.4. The predicted molar refractivity (Wildman–Crippen MR) is 93.9 cm³/mol. The number of amides is 1. The fourth-order valence-electron chi connectivity index (χ4n) is 2.54. The van der Waals surface area contributed by atoms with Crippen molar-refractivity contribution in [3.8, 4) is 11.4 Å². The number of hydrogen-bond acceptors (Lipinski definition) is 5. The molecule has 0 unspecified atom stereocenters. The summed E-state index contributed by atoms with van der Waals surface area (Å²) in [6.45, 7) is 0. The van der Waals surface area contributed by atoms with Gasteiger partial charge in [0.1, 0.15) is 12.0 Å². The summed E-state index contributed by atoms with van der Waals surface area (Å²) in [4.78, 5) is 21.1. The lowest BCUT2D eigenvalue weighted by Crippen LogP contribution is -2.14. The van der Waals surface area contributed by atoms with Gasteiger partial charge in [0, 0.05) is 18.3 Å². The molecule has 0 radical (unpaired) electrons. The van der Waals surface area contributed by atoms with Crippen molar-refractivity contribution in [2.45, 2.75) is 0 Å². The molecule has 0 spiro atoms. The van der Waals surface area contributed by atoms with E-state index in [4.69, 9.17) is 0 Å². The van der Waals surface area contributed by atoms with Crippen LogP contribution in [0.4, 0.5) is 5.69 Å². The van der Waals surface area contributed by atoms with Crippen molar-refractivity contribution >= 4 is 22.6 Å². The van der Waals surface area contributed by atoms with Crippen LogP contribution in [0.15, 0.2) is 61.1 Å². The number of nitrogens with one attached hydrogen (secondary N) is 1. The van der Waals surface area contributed by atoms with E-state index in [1.54, 1.807) is 6.33 Å². The summed E-state index contributed by atoms with van der Waals surface area (Å²) in [5, 5.41) is 10.8. The van der Waals surface area contributed by atoms with E-state index in [0.29, 0.717) is 11.2 Å². The fraction of sp³-hybridized carbons (Fsp3) is 0.0556. The lowest BCUT2D eigenvalue weighted by atomic mass is 10.2. The number of para-hydroxylation sites is 2. The second-order valence-corrected chi connectivity index (χ2v) is 5.54. The number of rotatable bonds is 3. The van der Waals surface area contributed by atoms with Crippen molar-refractivity contribution in [2.24, 2.45) is 7.05 Å². The molecule has 0 saturated heterocycles. The molecule has 0 saturated carbocycles. The number of anilines is 1. The Bertz CT molecular complexity index is 1070. The molecule has 25 heavy (non-hydrogen) atoms. The molecule has 0 aliphatic carbocycles. The van der Waals surface area contributed by atoms with Crippen LogP contribution in [0.5, 0.6) is 0 Å². The van der Waals surface area contributed by atoms with Crippen molar-refractivity contribution < 1.29 is 4.79 Å². The number of hydrogen-bond donors (Lipinski definition) is 1. The number of nitrogens with zero attached hydrogens (tertiary/aromatic N) is 5. The van der Waals surface area contributed by atoms with Gasteiger partial charge in [0.15, 0.2) is 5.82 Å². The first-order chi connectivity index (χ1) is 12.2. The van der Waals surface area contributed by atoms with E-state index in [1.165, 1.54) is 6.20 Å². The second-order valence-electron chi connectivity index (χ2n) is 5.54. The second kappa shape index (κ2) is 6.12. The third-order valence-corrected chi connectivity index (χ3v) is 3.77. The van der Waals surface area contributed by atoms with Gasteiger partial charge in [-0.15, -0.1) is 10.2 Å². The van der Waals surface area contributed by atoms with Crippen molar-refractivity contribution in [1.82, 2.24) is 24.7 Å². The van der Waals surface area contributed by atoms with Crippen LogP contribution in [0.3, 0.4) is 0 Å². The Balaban J connectivity index is 1.61. The van der Waals surface area contributed by atoms with E-state index in [9.17, 15) is 4.79 Å². The quantitative estimate of drug-likeness (QED) is 0.624. The van der Waals surface area contributed by atoms with Crippen molar-refractivity contribution in [1.29, 1.82) is 0 Å². The lowest BCUT2D eigenvalue weighted by molar-refractivity contribution is 0.102. The molecule has 4 rings (SSSR count). The molecule has 122 valence electrons. The Labute approximate surface area is 143 Å². The van der Waals surface area contributed by atoms with E-state index in [-0.39, 0.29) is 11.6 Å². The van der Waals surface area contributed by atoms with Gasteiger partial charge >= 0.3 is 0 Å². The normalized spacial score (nSPS) is 10.8. The van der Waals surface area contributed by atoms with Gasteiger partial charge < -0.3 is 9.88 Å². The van der Waals surface area contributed by atoms with Gasteiger partial charge in [-0.3, -0.25) is 9.78 Å². The minimum absolute atomic E-state index is 0.266. The highest BCUT2D eigenvalue weighted by Crippen LogP contribution is 2.20. The average Bonchev–Trinajstić information content (AvgIpc) is 3.07. The van der Waals surface area contributed by atoms with Crippen LogP contribution in [0.25, 0.3) is 22.4 Å². The summed E-state index contributed by atoms with van der Waals surface area (Å²) in [7, 11) is 1.87. The number of carbonyl (C=O) groups excluding carboxylic acids is 1. The molecule has 0 bridgehead atoms. The summed E-state index contributed by atoms with van der Waals surface area (Å²) < 4.78 is 1.82. The van der Waals surface area contributed by atoms with E-state index in [1.807, 2.05) is 60.1 Å². The maximum absolute atomic E-state index is 12.5. The van der Waals surface area contributed by atoms with Crippen LogP contribution in [0.2, 0.25) is 0 Å². The Morgan fingerprint density at radius 2 is 1.92 bits per heavy atom. The van der Waals surface area contributed by atoms with Crippen LogP contribution in [0.1, 0.15) is 10.5 Å². The van der Waals surface area contributed by atoms with Gasteiger partial charge in [-0.2, -0.15) is 0 Å². The van der Waals surface area contributed by atoms with Crippen molar-refractivity contribution in [3.63, 3.8) is 0 Å². The Morgan fingerprint density at radius 3 is 2.72 bits per heavy atom. The molecule has 0 aliphatic rings.